The van der Waals surface area contributed by atoms with Gasteiger partial charge in [-0.05, 0) is 38.2 Å². The van der Waals surface area contributed by atoms with Crippen molar-refractivity contribution in [2.75, 3.05) is 0 Å². The number of aliphatic hydroxyl groups excluding tert-OH is 1. The molecule has 0 spiro atoms. The summed E-state index contributed by atoms with van der Waals surface area (Å²) in [4.78, 5) is 0. The van der Waals surface area contributed by atoms with Gasteiger partial charge in [-0.3, -0.25) is 0 Å². The molecule has 100 valence electrons. The van der Waals surface area contributed by atoms with Crippen molar-refractivity contribution in [3.8, 4) is 0 Å². The van der Waals surface area contributed by atoms with E-state index < -0.39 is 12.0 Å². The fraction of sp³-hybridized carbons (Fsp3) is 0.600. The SMILES string of the molecule is Cc1cc(C)cc(C(O)C2CCC(F)(F)CC2)c1. The Balaban J connectivity index is 2.09. The molecule has 0 saturated heterocycles. The van der Waals surface area contributed by atoms with Gasteiger partial charge in [0.25, 0.3) is 0 Å². The van der Waals surface area contributed by atoms with Crippen molar-refractivity contribution in [2.45, 2.75) is 51.6 Å². The fourth-order valence-corrected chi connectivity index (χ4v) is 2.83. The van der Waals surface area contributed by atoms with Crippen LogP contribution >= 0.6 is 0 Å². The summed E-state index contributed by atoms with van der Waals surface area (Å²) in [5.41, 5.74) is 3.07. The molecule has 0 heterocycles. The molecule has 0 aromatic heterocycles. The van der Waals surface area contributed by atoms with Crippen molar-refractivity contribution in [3.05, 3.63) is 34.9 Å². The van der Waals surface area contributed by atoms with Gasteiger partial charge in [-0.25, -0.2) is 8.78 Å². The molecule has 1 fully saturated rings. The molecule has 1 N–H and O–H groups in total. The second-order valence-electron chi connectivity index (χ2n) is 5.56. The standard InChI is InChI=1S/C15H20F2O/c1-10-7-11(2)9-13(8-10)14(18)12-3-5-15(16,17)6-4-12/h7-9,12,14,18H,3-6H2,1-2H3. The minimum atomic E-state index is -2.53. The largest absolute Gasteiger partial charge is 0.388 e. The highest BCUT2D eigenvalue weighted by atomic mass is 19.3. The van der Waals surface area contributed by atoms with E-state index >= 15 is 0 Å². The fourth-order valence-electron chi connectivity index (χ4n) is 2.83. The normalized spacial score (nSPS) is 21.8. The van der Waals surface area contributed by atoms with E-state index in [2.05, 4.69) is 0 Å². The summed E-state index contributed by atoms with van der Waals surface area (Å²) in [7, 11) is 0. The average molecular weight is 254 g/mol. The summed E-state index contributed by atoms with van der Waals surface area (Å²) >= 11 is 0. The van der Waals surface area contributed by atoms with Crippen molar-refractivity contribution in [1.29, 1.82) is 0 Å². The van der Waals surface area contributed by atoms with Crippen LogP contribution in [0.2, 0.25) is 0 Å². The predicted molar refractivity (Wildman–Crippen MR) is 67.8 cm³/mol. The molecule has 1 saturated carbocycles. The smallest absolute Gasteiger partial charge is 0.248 e. The molecule has 1 aromatic rings. The second-order valence-corrected chi connectivity index (χ2v) is 5.56. The summed E-state index contributed by atoms with van der Waals surface area (Å²) in [6.07, 6.45) is 0.00107. The molecule has 1 nitrogen and oxygen atoms in total. The molecule has 1 atom stereocenters. The van der Waals surface area contributed by atoms with Gasteiger partial charge in [-0.2, -0.15) is 0 Å². The first kappa shape index (κ1) is 13.5. The third kappa shape index (κ3) is 3.08. The van der Waals surface area contributed by atoms with Crippen molar-refractivity contribution >= 4 is 0 Å². The molecule has 2 rings (SSSR count). The van der Waals surface area contributed by atoms with E-state index in [-0.39, 0.29) is 18.8 Å². The highest BCUT2D eigenvalue weighted by Gasteiger charge is 2.37. The average Bonchev–Trinajstić information content (AvgIpc) is 2.27. The zero-order valence-electron chi connectivity index (χ0n) is 10.9. The number of aliphatic hydroxyl groups is 1. The van der Waals surface area contributed by atoms with E-state index in [1.165, 1.54) is 0 Å². The van der Waals surface area contributed by atoms with Crippen molar-refractivity contribution in [3.63, 3.8) is 0 Å². The summed E-state index contributed by atoms with van der Waals surface area (Å²) in [5, 5.41) is 10.3. The lowest BCUT2D eigenvalue weighted by Gasteiger charge is -2.31. The van der Waals surface area contributed by atoms with Crippen LogP contribution in [-0.4, -0.2) is 11.0 Å². The Morgan fingerprint density at radius 1 is 1.11 bits per heavy atom. The van der Waals surface area contributed by atoms with Crippen LogP contribution in [0.3, 0.4) is 0 Å². The maximum absolute atomic E-state index is 13.1. The molecule has 0 aliphatic heterocycles. The molecule has 1 aliphatic carbocycles. The number of hydrogen-bond acceptors (Lipinski definition) is 1. The van der Waals surface area contributed by atoms with Crippen LogP contribution in [0.1, 0.15) is 48.5 Å². The Morgan fingerprint density at radius 3 is 2.11 bits per heavy atom. The molecule has 3 heteroatoms. The van der Waals surface area contributed by atoms with E-state index in [0.29, 0.717) is 12.8 Å². The van der Waals surface area contributed by atoms with Gasteiger partial charge >= 0.3 is 0 Å². The minimum Gasteiger partial charge on any atom is -0.388 e. The molecule has 1 aliphatic rings. The van der Waals surface area contributed by atoms with Gasteiger partial charge in [0.1, 0.15) is 0 Å². The van der Waals surface area contributed by atoms with E-state index in [1.807, 2.05) is 32.0 Å². The maximum atomic E-state index is 13.1. The molecular formula is C15H20F2O. The Bertz CT molecular complexity index is 398. The zero-order chi connectivity index (χ0) is 13.3. The maximum Gasteiger partial charge on any atom is 0.248 e. The van der Waals surface area contributed by atoms with E-state index in [4.69, 9.17) is 0 Å². The number of rotatable bonds is 2. The van der Waals surface area contributed by atoms with Crippen LogP contribution in [0.5, 0.6) is 0 Å². The van der Waals surface area contributed by atoms with Gasteiger partial charge in [-0.1, -0.05) is 29.3 Å². The van der Waals surface area contributed by atoms with Crippen molar-refractivity contribution < 1.29 is 13.9 Å². The zero-order valence-corrected chi connectivity index (χ0v) is 10.9. The van der Waals surface area contributed by atoms with Crippen LogP contribution in [0.4, 0.5) is 8.78 Å². The minimum absolute atomic E-state index is 0.0363. The number of benzene rings is 1. The Hall–Kier alpha value is -0.960. The van der Waals surface area contributed by atoms with Crippen LogP contribution in [0.15, 0.2) is 18.2 Å². The highest BCUT2D eigenvalue weighted by Crippen LogP contribution is 2.41. The van der Waals surface area contributed by atoms with Crippen molar-refractivity contribution in [2.24, 2.45) is 5.92 Å². The first-order valence-corrected chi connectivity index (χ1v) is 6.51. The second kappa shape index (κ2) is 4.96. The van der Waals surface area contributed by atoms with E-state index in [1.54, 1.807) is 0 Å². The molecular weight excluding hydrogens is 234 g/mol. The molecule has 0 radical (unpaired) electrons. The van der Waals surface area contributed by atoms with Gasteiger partial charge in [-0.15, -0.1) is 0 Å². The number of hydrogen-bond donors (Lipinski definition) is 1. The third-order valence-corrected chi connectivity index (χ3v) is 3.79. The Morgan fingerprint density at radius 2 is 1.61 bits per heavy atom. The summed E-state index contributed by atoms with van der Waals surface area (Å²) < 4.78 is 26.2. The lowest BCUT2D eigenvalue weighted by molar-refractivity contribution is -0.0627. The lowest BCUT2D eigenvalue weighted by atomic mass is 9.80. The highest BCUT2D eigenvalue weighted by molar-refractivity contribution is 5.30. The predicted octanol–water partition coefficient (Wildman–Crippen LogP) is 4.16. The molecule has 0 amide bonds. The Labute approximate surface area is 107 Å². The van der Waals surface area contributed by atoms with Gasteiger partial charge in [0.05, 0.1) is 6.10 Å². The van der Waals surface area contributed by atoms with E-state index in [0.717, 1.165) is 16.7 Å². The van der Waals surface area contributed by atoms with Crippen LogP contribution < -0.4 is 0 Å². The first-order valence-electron chi connectivity index (χ1n) is 6.51. The summed E-state index contributed by atoms with van der Waals surface area (Å²) in [5.74, 6) is -2.57. The topological polar surface area (TPSA) is 20.2 Å². The number of alkyl halides is 2. The van der Waals surface area contributed by atoms with Crippen LogP contribution in [0.25, 0.3) is 0 Å². The first-order chi connectivity index (χ1) is 8.37. The summed E-state index contributed by atoms with van der Waals surface area (Å²) in [6, 6.07) is 5.94. The quantitative estimate of drug-likeness (QED) is 0.840. The van der Waals surface area contributed by atoms with E-state index in [9.17, 15) is 13.9 Å². The third-order valence-electron chi connectivity index (χ3n) is 3.79. The van der Waals surface area contributed by atoms with Gasteiger partial charge < -0.3 is 5.11 Å². The summed E-state index contributed by atoms with van der Waals surface area (Å²) in [6.45, 7) is 3.97. The lowest BCUT2D eigenvalue weighted by Crippen LogP contribution is -2.27. The van der Waals surface area contributed by atoms with Gasteiger partial charge in [0.15, 0.2) is 0 Å². The Kier molecular flexibility index (Phi) is 3.71. The van der Waals surface area contributed by atoms with Gasteiger partial charge in [0, 0.05) is 12.8 Å². The molecule has 0 bridgehead atoms. The monoisotopic (exact) mass is 254 g/mol. The van der Waals surface area contributed by atoms with Crippen LogP contribution in [0, 0.1) is 19.8 Å². The van der Waals surface area contributed by atoms with Crippen LogP contribution in [-0.2, 0) is 0 Å². The molecule has 1 aromatic carbocycles. The molecule has 18 heavy (non-hydrogen) atoms. The van der Waals surface area contributed by atoms with Crippen molar-refractivity contribution in [1.82, 2.24) is 0 Å². The number of halogens is 2. The number of aryl methyl sites for hydroxylation is 2. The molecule has 1 unspecified atom stereocenters. The van der Waals surface area contributed by atoms with Gasteiger partial charge in [0.2, 0.25) is 5.92 Å².